The monoisotopic (exact) mass is 236 g/mol. The third-order valence-electron chi connectivity index (χ3n) is 3.16. The lowest BCUT2D eigenvalue weighted by molar-refractivity contribution is -0.384. The molecule has 0 amide bonds. The van der Waals surface area contributed by atoms with Crippen LogP contribution in [0.2, 0.25) is 0 Å². The SMILES string of the molecule is CNc1cc([N+](=O)[O-])cc(NC2(C)CCC2)n1. The van der Waals surface area contributed by atoms with Crippen LogP contribution in [0.4, 0.5) is 17.3 Å². The zero-order valence-electron chi connectivity index (χ0n) is 9.99. The highest BCUT2D eigenvalue weighted by molar-refractivity contribution is 5.55. The summed E-state index contributed by atoms with van der Waals surface area (Å²) in [6, 6.07) is 2.90. The Morgan fingerprint density at radius 1 is 1.41 bits per heavy atom. The summed E-state index contributed by atoms with van der Waals surface area (Å²) in [6.07, 6.45) is 3.34. The molecule has 0 atom stereocenters. The molecule has 0 unspecified atom stereocenters. The van der Waals surface area contributed by atoms with Gasteiger partial charge in [-0.25, -0.2) is 4.98 Å². The first-order valence-corrected chi connectivity index (χ1v) is 5.65. The van der Waals surface area contributed by atoms with Gasteiger partial charge in [0.05, 0.1) is 17.1 Å². The molecular formula is C11H16N4O2. The highest BCUT2D eigenvalue weighted by Crippen LogP contribution is 2.35. The minimum absolute atomic E-state index is 0.0350. The molecule has 1 aromatic rings. The van der Waals surface area contributed by atoms with Crippen molar-refractivity contribution in [1.82, 2.24) is 4.98 Å². The van der Waals surface area contributed by atoms with Gasteiger partial charge in [0.25, 0.3) is 5.69 Å². The molecule has 0 saturated heterocycles. The number of aromatic nitrogens is 1. The van der Waals surface area contributed by atoms with Gasteiger partial charge in [-0.05, 0) is 26.2 Å². The number of hydrogen-bond donors (Lipinski definition) is 2. The zero-order valence-corrected chi connectivity index (χ0v) is 9.99. The van der Waals surface area contributed by atoms with E-state index >= 15 is 0 Å². The van der Waals surface area contributed by atoms with Crippen LogP contribution in [0.3, 0.4) is 0 Å². The zero-order chi connectivity index (χ0) is 12.5. The molecule has 2 N–H and O–H groups in total. The molecule has 0 aromatic carbocycles. The van der Waals surface area contributed by atoms with Crippen molar-refractivity contribution in [3.8, 4) is 0 Å². The second-order valence-corrected chi connectivity index (χ2v) is 4.64. The van der Waals surface area contributed by atoms with Crippen molar-refractivity contribution < 1.29 is 4.92 Å². The Hall–Kier alpha value is -1.85. The van der Waals surface area contributed by atoms with Crippen molar-refractivity contribution in [2.45, 2.75) is 31.7 Å². The Kier molecular flexibility index (Phi) is 2.87. The summed E-state index contributed by atoms with van der Waals surface area (Å²) in [7, 11) is 1.70. The van der Waals surface area contributed by atoms with E-state index in [9.17, 15) is 10.1 Å². The van der Waals surface area contributed by atoms with Crippen LogP contribution in [0.5, 0.6) is 0 Å². The number of anilines is 2. The van der Waals surface area contributed by atoms with E-state index in [2.05, 4.69) is 22.5 Å². The van der Waals surface area contributed by atoms with Crippen molar-refractivity contribution in [2.75, 3.05) is 17.7 Å². The van der Waals surface area contributed by atoms with Crippen molar-refractivity contribution in [2.24, 2.45) is 0 Å². The summed E-state index contributed by atoms with van der Waals surface area (Å²) < 4.78 is 0. The van der Waals surface area contributed by atoms with Crippen LogP contribution in [-0.2, 0) is 0 Å². The normalized spacial score (nSPS) is 17.1. The summed E-state index contributed by atoms with van der Waals surface area (Å²) in [4.78, 5) is 14.7. The Balaban J connectivity index is 2.26. The van der Waals surface area contributed by atoms with Crippen molar-refractivity contribution >= 4 is 17.3 Å². The first-order valence-electron chi connectivity index (χ1n) is 5.65. The number of nitro groups is 1. The van der Waals surface area contributed by atoms with Crippen LogP contribution in [0, 0.1) is 10.1 Å². The molecular weight excluding hydrogens is 220 g/mol. The van der Waals surface area contributed by atoms with E-state index in [1.807, 2.05) is 0 Å². The molecule has 0 bridgehead atoms. The number of rotatable bonds is 4. The second kappa shape index (κ2) is 4.20. The minimum Gasteiger partial charge on any atom is -0.373 e. The Labute approximate surface area is 99.6 Å². The maximum absolute atomic E-state index is 10.8. The van der Waals surface area contributed by atoms with Crippen LogP contribution in [-0.4, -0.2) is 22.5 Å². The highest BCUT2D eigenvalue weighted by Gasteiger charge is 2.32. The molecule has 0 aliphatic heterocycles. The van der Waals surface area contributed by atoms with Crippen LogP contribution >= 0.6 is 0 Å². The van der Waals surface area contributed by atoms with E-state index in [0.717, 1.165) is 12.8 Å². The molecule has 0 spiro atoms. The van der Waals surface area contributed by atoms with Gasteiger partial charge in [-0.3, -0.25) is 10.1 Å². The molecule has 1 aliphatic rings. The number of hydrogen-bond acceptors (Lipinski definition) is 5. The van der Waals surface area contributed by atoms with Crippen molar-refractivity contribution in [3.63, 3.8) is 0 Å². The van der Waals surface area contributed by atoms with E-state index in [0.29, 0.717) is 11.6 Å². The predicted molar refractivity (Wildman–Crippen MR) is 66.3 cm³/mol. The van der Waals surface area contributed by atoms with Crippen LogP contribution in [0.1, 0.15) is 26.2 Å². The second-order valence-electron chi connectivity index (χ2n) is 4.64. The van der Waals surface area contributed by atoms with Crippen molar-refractivity contribution in [1.29, 1.82) is 0 Å². The standard InChI is InChI=1S/C11H16N4O2/c1-11(4-3-5-11)14-10-7-8(15(16)17)6-9(12-2)13-10/h6-7H,3-5H2,1-2H3,(H2,12,13,14). The van der Waals surface area contributed by atoms with Gasteiger partial charge in [0, 0.05) is 12.6 Å². The van der Waals surface area contributed by atoms with Crippen LogP contribution in [0.25, 0.3) is 0 Å². The molecule has 1 fully saturated rings. The van der Waals surface area contributed by atoms with Gasteiger partial charge in [0.15, 0.2) is 0 Å². The third kappa shape index (κ3) is 2.46. The molecule has 0 radical (unpaired) electrons. The highest BCUT2D eigenvalue weighted by atomic mass is 16.6. The Bertz CT molecular complexity index is 443. The lowest BCUT2D eigenvalue weighted by Crippen LogP contribution is -2.41. The van der Waals surface area contributed by atoms with Crippen molar-refractivity contribution in [3.05, 3.63) is 22.2 Å². The lowest BCUT2D eigenvalue weighted by Gasteiger charge is -2.39. The molecule has 1 aliphatic carbocycles. The molecule has 92 valence electrons. The Morgan fingerprint density at radius 3 is 2.53 bits per heavy atom. The van der Waals surface area contributed by atoms with Gasteiger partial charge in [0.1, 0.15) is 11.6 Å². The molecule has 6 nitrogen and oxygen atoms in total. The smallest absolute Gasteiger partial charge is 0.276 e. The molecule has 6 heteroatoms. The van der Waals surface area contributed by atoms with E-state index in [1.54, 1.807) is 7.05 Å². The molecule has 1 saturated carbocycles. The summed E-state index contributed by atoms with van der Waals surface area (Å²) in [5.41, 5.74) is 0.0857. The quantitative estimate of drug-likeness (QED) is 0.619. The van der Waals surface area contributed by atoms with E-state index < -0.39 is 4.92 Å². The average molecular weight is 236 g/mol. The first-order chi connectivity index (χ1) is 8.02. The topological polar surface area (TPSA) is 80.1 Å². The number of pyridine rings is 1. The predicted octanol–water partition coefficient (Wildman–Crippen LogP) is 2.39. The van der Waals surface area contributed by atoms with Gasteiger partial charge in [-0.15, -0.1) is 0 Å². The maximum atomic E-state index is 10.8. The lowest BCUT2D eigenvalue weighted by atomic mass is 9.78. The van der Waals surface area contributed by atoms with Crippen LogP contribution < -0.4 is 10.6 Å². The fraction of sp³-hybridized carbons (Fsp3) is 0.545. The Morgan fingerprint density at radius 2 is 2.06 bits per heavy atom. The summed E-state index contributed by atoms with van der Waals surface area (Å²) in [5, 5.41) is 16.9. The van der Waals surface area contributed by atoms with Gasteiger partial charge in [-0.2, -0.15) is 0 Å². The molecule has 1 aromatic heterocycles. The third-order valence-corrected chi connectivity index (χ3v) is 3.16. The van der Waals surface area contributed by atoms with Gasteiger partial charge < -0.3 is 10.6 Å². The minimum atomic E-state index is -0.406. The largest absolute Gasteiger partial charge is 0.373 e. The van der Waals surface area contributed by atoms with E-state index in [-0.39, 0.29) is 11.2 Å². The van der Waals surface area contributed by atoms with E-state index in [1.165, 1.54) is 18.6 Å². The van der Waals surface area contributed by atoms with Gasteiger partial charge in [-0.1, -0.05) is 0 Å². The molecule has 2 rings (SSSR count). The average Bonchev–Trinajstić information content (AvgIpc) is 2.26. The molecule has 1 heterocycles. The maximum Gasteiger partial charge on any atom is 0.276 e. The summed E-state index contributed by atoms with van der Waals surface area (Å²) >= 11 is 0. The fourth-order valence-corrected chi connectivity index (χ4v) is 1.95. The van der Waals surface area contributed by atoms with Gasteiger partial charge >= 0.3 is 0 Å². The van der Waals surface area contributed by atoms with Gasteiger partial charge in [0.2, 0.25) is 0 Å². The first kappa shape index (κ1) is 11.6. The van der Waals surface area contributed by atoms with E-state index in [4.69, 9.17) is 0 Å². The molecule has 17 heavy (non-hydrogen) atoms. The fourth-order valence-electron chi connectivity index (χ4n) is 1.95. The number of nitrogens with zero attached hydrogens (tertiary/aromatic N) is 2. The number of nitrogens with one attached hydrogen (secondary N) is 2. The van der Waals surface area contributed by atoms with Crippen LogP contribution in [0.15, 0.2) is 12.1 Å². The summed E-state index contributed by atoms with van der Waals surface area (Å²) in [6.45, 7) is 2.11. The summed E-state index contributed by atoms with van der Waals surface area (Å²) in [5.74, 6) is 1.07.